The highest BCUT2D eigenvalue weighted by atomic mass is 19.1. The van der Waals surface area contributed by atoms with Crippen LogP contribution >= 0.6 is 0 Å². The van der Waals surface area contributed by atoms with Gasteiger partial charge in [0, 0.05) is 44.8 Å². The van der Waals surface area contributed by atoms with Gasteiger partial charge in [0.1, 0.15) is 17.7 Å². The molecule has 142 valence electrons. The van der Waals surface area contributed by atoms with Crippen molar-refractivity contribution in [1.29, 1.82) is 0 Å². The van der Waals surface area contributed by atoms with Gasteiger partial charge >= 0.3 is 0 Å². The zero-order valence-corrected chi connectivity index (χ0v) is 15.3. The highest BCUT2D eigenvalue weighted by molar-refractivity contribution is 5.80. The number of benzene rings is 1. The molecule has 2 N–H and O–H groups in total. The fourth-order valence-electron chi connectivity index (χ4n) is 3.57. The van der Waals surface area contributed by atoms with Crippen LogP contribution in [0.3, 0.4) is 0 Å². The minimum atomic E-state index is -0.114. The molecule has 0 radical (unpaired) electrons. The van der Waals surface area contributed by atoms with E-state index in [1.165, 1.54) is 12.4 Å². The van der Waals surface area contributed by atoms with Crippen molar-refractivity contribution in [3.05, 3.63) is 48.3 Å². The maximum atomic E-state index is 13.8. The lowest BCUT2D eigenvalue weighted by molar-refractivity contribution is 0.124. The van der Waals surface area contributed by atoms with E-state index in [2.05, 4.69) is 24.8 Å². The summed E-state index contributed by atoms with van der Waals surface area (Å²) in [6, 6.07) is 7.03. The molecular formula is C19H24FN7. The minimum Gasteiger partial charge on any atom is -0.382 e. The van der Waals surface area contributed by atoms with Crippen LogP contribution in [-0.2, 0) is 13.1 Å². The van der Waals surface area contributed by atoms with E-state index in [0.717, 1.165) is 56.9 Å². The Bertz CT molecular complexity index is 902. The molecule has 27 heavy (non-hydrogen) atoms. The van der Waals surface area contributed by atoms with E-state index in [0.29, 0.717) is 17.9 Å². The second-order valence-corrected chi connectivity index (χ2v) is 6.93. The zero-order chi connectivity index (χ0) is 18.6. The third kappa shape index (κ3) is 4.06. The smallest absolute Gasteiger partial charge is 0.165 e. The molecule has 1 saturated heterocycles. The van der Waals surface area contributed by atoms with Gasteiger partial charge in [-0.05, 0) is 19.0 Å². The Balaban J connectivity index is 1.24. The maximum absolute atomic E-state index is 13.8. The first kappa shape index (κ1) is 17.8. The summed E-state index contributed by atoms with van der Waals surface area (Å²) in [7, 11) is 0. The molecule has 0 amide bonds. The van der Waals surface area contributed by atoms with Crippen LogP contribution < -0.4 is 5.73 Å². The summed E-state index contributed by atoms with van der Waals surface area (Å²) in [5.41, 5.74) is 8.06. The number of hydrogen-bond donors (Lipinski definition) is 1. The standard InChI is InChI=1S/C19H24FN7/c20-16-5-2-1-4-15(16)12-26-10-8-25(9-11-26)6-3-7-27-14-24-17-18(21)22-13-23-19(17)27/h1-2,4-5,13-14H,3,6-12H2,(H2,21,22,23). The molecule has 8 heteroatoms. The third-order valence-electron chi connectivity index (χ3n) is 5.12. The van der Waals surface area contributed by atoms with Crippen molar-refractivity contribution in [3.8, 4) is 0 Å². The van der Waals surface area contributed by atoms with Crippen molar-refractivity contribution in [2.75, 3.05) is 38.5 Å². The fourth-order valence-corrected chi connectivity index (χ4v) is 3.57. The Morgan fingerprint density at radius 2 is 1.74 bits per heavy atom. The van der Waals surface area contributed by atoms with Crippen LogP contribution in [0, 0.1) is 5.82 Å². The Morgan fingerprint density at radius 1 is 0.963 bits per heavy atom. The molecule has 0 saturated carbocycles. The summed E-state index contributed by atoms with van der Waals surface area (Å²) in [5.74, 6) is 0.307. The van der Waals surface area contributed by atoms with Gasteiger partial charge in [0.05, 0.1) is 6.33 Å². The second kappa shape index (κ2) is 7.98. The van der Waals surface area contributed by atoms with Gasteiger partial charge in [-0.1, -0.05) is 18.2 Å². The van der Waals surface area contributed by atoms with Crippen molar-refractivity contribution in [3.63, 3.8) is 0 Å². The van der Waals surface area contributed by atoms with E-state index in [1.807, 2.05) is 16.7 Å². The van der Waals surface area contributed by atoms with E-state index >= 15 is 0 Å². The van der Waals surface area contributed by atoms with Crippen molar-refractivity contribution in [2.45, 2.75) is 19.5 Å². The van der Waals surface area contributed by atoms with Crippen LogP contribution in [-0.4, -0.2) is 62.0 Å². The SMILES string of the molecule is Nc1ncnc2c1ncn2CCCN1CCN(Cc2ccccc2F)CC1. The summed E-state index contributed by atoms with van der Waals surface area (Å²) >= 11 is 0. The lowest BCUT2D eigenvalue weighted by Crippen LogP contribution is -2.46. The zero-order valence-electron chi connectivity index (χ0n) is 15.3. The average molecular weight is 369 g/mol. The quantitative estimate of drug-likeness (QED) is 0.714. The van der Waals surface area contributed by atoms with Crippen LogP contribution in [0.1, 0.15) is 12.0 Å². The number of hydrogen-bond acceptors (Lipinski definition) is 6. The molecule has 2 aromatic heterocycles. The minimum absolute atomic E-state index is 0.114. The molecule has 0 unspecified atom stereocenters. The molecule has 3 aromatic rings. The molecule has 0 aliphatic carbocycles. The van der Waals surface area contributed by atoms with Crippen molar-refractivity contribution < 1.29 is 4.39 Å². The average Bonchev–Trinajstić information content (AvgIpc) is 3.10. The number of anilines is 1. The van der Waals surface area contributed by atoms with Crippen molar-refractivity contribution >= 4 is 17.0 Å². The van der Waals surface area contributed by atoms with Crippen LogP contribution in [0.25, 0.3) is 11.2 Å². The lowest BCUT2D eigenvalue weighted by Gasteiger charge is -2.34. The summed E-state index contributed by atoms with van der Waals surface area (Å²) in [6.45, 7) is 6.50. The van der Waals surface area contributed by atoms with E-state index in [-0.39, 0.29) is 5.82 Å². The first-order chi connectivity index (χ1) is 13.2. The number of nitrogens with two attached hydrogens (primary N) is 1. The molecule has 1 aliphatic heterocycles. The molecule has 7 nitrogen and oxygen atoms in total. The number of aryl methyl sites for hydroxylation is 1. The van der Waals surface area contributed by atoms with Crippen molar-refractivity contribution in [2.24, 2.45) is 0 Å². The highest BCUT2D eigenvalue weighted by Gasteiger charge is 2.17. The van der Waals surface area contributed by atoms with Crippen LogP contribution in [0.4, 0.5) is 10.2 Å². The number of imidazole rings is 1. The summed E-state index contributed by atoms with van der Waals surface area (Å²) in [4.78, 5) is 17.3. The molecule has 4 rings (SSSR count). The Morgan fingerprint density at radius 3 is 2.56 bits per heavy atom. The Hall–Kier alpha value is -2.58. The predicted molar refractivity (Wildman–Crippen MR) is 102 cm³/mol. The van der Waals surface area contributed by atoms with Gasteiger partial charge in [-0.2, -0.15) is 0 Å². The molecule has 1 aliphatic rings. The molecule has 1 aromatic carbocycles. The number of fused-ring (bicyclic) bond motifs is 1. The molecule has 1 fully saturated rings. The van der Waals surface area contributed by atoms with Gasteiger partial charge in [-0.25, -0.2) is 19.3 Å². The largest absolute Gasteiger partial charge is 0.382 e. The number of rotatable bonds is 6. The molecule has 0 spiro atoms. The lowest BCUT2D eigenvalue weighted by atomic mass is 10.2. The second-order valence-electron chi connectivity index (χ2n) is 6.93. The molecule has 3 heterocycles. The Kier molecular flexibility index (Phi) is 5.26. The number of aromatic nitrogens is 4. The normalized spacial score (nSPS) is 16.2. The molecule has 0 bridgehead atoms. The van der Waals surface area contributed by atoms with Crippen molar-refractivity contribution in [1.82, 2.24) is 29.3 Å². The van der Waals surface area contributed by atoms with E-state index < -0.39 is 0 Å². The van der Waals surface area contributed by atoms with E-state index in [1.54, 1.807) is 12.4 Å². The summed E-state index contributed by atoms with van der Waals surface area (Å²) < 4.78 is 15.8. The number of piperazine rings is 1. The van der Waals surface area contributed by atoms with Gasteiger partial charge in [-0.3, -0.25) is 4.90 Å². The van der Waals surface area contributed by atoms with Gasteiger partial charge in [0.25, 0.3) is 0 Å². The van der Waals surface area contributed by atoms with Crippen LogP contribution in [0.15, 0.2) is 36.9 Å². The summed E-state index contributed by atoms with van der Waals surface area (Å²) in [5, 5.41) is 0. The Labute approximate surface area is 157 Å². The topological polar surface area (TPSA) is 76.1 Å². The highest BCUT2D eigenvalue weighted by Crippen LogP contribution is 2.15. The maximum Gasteiger partial charge on any atom is 0.165 e. The van der Waals surface area contributed by atoms with Gasteiger partial charge in [0.2, 0.25) is 0 Å². The number of halogens is 1. The summed E-state index contributed by atoms with van der Waals surface area (Å²) in [6.07, 6.45) is 4.27. The van der Waals surface area contributed by atoms with Gasteiger partial charge in [-0.15, -0.1) is 0 Å². The molecular weight excluding hydrogens is 345 g/mol. The van der Waals surface area contributed by atoms with Gasteiger partial charge < -0.3 is 15.2 Å². The van der Waals surface area contributed by atoms with E-state index in [9.17, 15) is 4.39 Å². The predicted octanol–water partition coefficient (Wildman–Crippen LogP) is 1.76. The monoisotopic (exact) mass is 369 g/mol. The van der Waals surface area contributed by atoms with E-state index in [4.69, 9.17) is 5.73 Å². The molecule has 0 atom stereocenters. The van der Waals surface area contributed by atoms with Crippen LogP contribution in [0.5, 0.6) is 0 Å². The fraction of sp³-hybridized carbons (Fsp3) is 0.421. The number of nitrogen functional groups attached to an aromatic ring is 1. The third-order valence-corrected chi connectivity index (χ3v) is 5.12. The first-order valence-corrected chi connectivity index (χ1v) is 9.30. The van der Waals surface area contributed by atoms with Gasteiger partial charge in [0.15, 0.2) is 11.5 Å². The number of nitrogens with zero attached hydrogens (tertiary/aromatic N) is 6. The van der Waals surface area contributed by atoms with Crippen LogP contribution in [0.2, 0.25) is 0 Å². The first-order valence-electron chi connectivity index (χ1n) is 9.30.